The smallest absolute Gasteiger partial charge is 0.159 e. The first-order valence-electron chi connectivity index (χ1n) is 7.28. The molecule has 7 heteroatoms. The lowest BCUT2D eigenvalue weighted by atomic mass is 10.4. The molecule has 0 unspecified atom stereocenters. The Morgan fingerprint density at radius 2 is 2.05 bits per heavy atom. The van der Waals surface area contributed by atoms with Gasteiger partial charge in [-0.25, -0.2) is 9.67 Å². The van der Waals surface area contributed by atoms with Gasteiger partial charge in [-0.15, -0.1) is 11.6 Å². The van der Waals surface area contributed by atoms with E-state index >= 15 is 0 Å². The van der Waals surface area contributed by atoms with E-state index in [1.165, 1.54) is 0 Å². The average Bonchev–Trinajstić information content (AvgIpc) is 2.98. The highest BCUT2D eigenvalue weighted by Gasteiger charge is 2.17. The molecule has 2 rings (SSSR count). The topological polar surface area (TPSA) is 54.1 Å². The van der Waals surface area contributed by atoms with Gasteiger partial charge < -0.3 is 14.0 Å². The van der Waals surface area contributed by atoms with Crippen LogP contribution in [0.25, 0.3) is 11.2 Å². The summed E-state index contributed by atoms with van der Waals surface area (Å²) >= 11 is 5.90. The first kappa shape index (κ1) is 16.3. The minimum Gasteiger partial charge on any atom is -0.382 e. The van der Waals surface area contributed by atoms with E-state index in [4.69, 9.17) is 26.1 Å². The molecule has 21 heavy (non-hydrogen) atoms. The fraction of sp³-hybridized carbons (Fsp3) is 0.714. The maximum absolute atomic E-state index is 5.90. The van der Waals surface area contributed by atoms with Gasteiger partial charge in [0.05, 0.1) is 25.5 Å². The van der Waals surface area contributed by atoms with Crippen molar-refractivity contribution >= 4 is 22.8 Å². The summed E-state index contributed by atoms with van der Waals surface area (Å²) in [5, 5.41) is 4.53. The third-order valence-electron chi connectivity index (χ3n) is 3.39. The van der Waals surface area contributed by atoms with Crippen LogP contribution in [-0.2, 0) is 29.0 Å². The van der Waals surface area contributed by atoms with Crippen molar-refractivity contribution in [1.82, 2.24) is 19.3 Å². The molecular weight excluding hydrogens is 292 g/mol. The highest BCUT2D eigenvalue weighted by Crippen LogP contribution is 2.20. The number of hydrogen-bond donors (Lipinski definition) is 0. The van der Waals surface area contributed by atoms with Crippen molar-refractivity contribution in [3.8, 4) is 0 Å². The van der Waals surface area contributed by atoms with Gasteiger partial charge in [-0.05, 0) is 13.8 Å². The maximum atomic E-state index is 5.90. The highest BCUT2D eigenvalue weighted by molar-refractivity contribution is 6.17. The van der Waals surface area contributed by atoms with Crippen molar-refractivity contribution in [2.45, 2.75) is 33.4 Å². The summed E-state index contributed by atoms with van der Waals surface area (Å²) in [7, 11) is 1.67. The maximum Gasteiger partial charge on any atom is 0.159 e. The Balaban J connectivity index is 2.22. The lowest BCUT2D eigenvalue weighted by Gasteiger charge is -2.10. The minimum absolute atomic E-state index is 0.558. The van der Waals surface area contributed by atoms with Gasteiger partial charge in [0.2, 0.25) is 0 Å². The molecule has 0 amide bonds. The standard InChI is InChI=1S/C14H23ClN4O2/c1-4-19-14-13(11(2)17-19)16-12(5-6-15)18(14)7-8-21-10-9-20-3/h4-10H2,1-3H3. The monoisotopic (exact) mass is 314 g/mol. The van der Waals surface area contributed by atoms with Crippen LogP contribution in [0.3, 0.4) is 0 Å². The van der Waals surface area contributed by atoms with E-state index in [-0.39, 0.29) is 0 Å². The number of methoxy groups -OCH3 is 1. The second-order valence-electron chi connectivity index (χ2n) is 4.80. The number of nitrogens with zero attached hydrogens (tertiary/aromatic N) is 4. The Morgan fingerprint density at radius 3 is 2.71 bits per heavy atom. The third kappa shape index (κ3) is 3.56. The molecule has 0 aliphatic rings. The van der Waals surface area contributed by atoms with Crippen molar-refractivity contribution in [2.75, 3.05) is 32.8 Å². The predicted molar refractivity (Wildman–Crippen MR) is 83.0 cm³/mol. The quantitative estimate of drug-likeness (QED) is 0.525. The molecule has 0 spiro atoms. The molecule has 0 fully saturated rings. The van der Waals surface area contributed by atoms with Crippen molar-refractivity contribution in [1.29, 1.82) is 0 Å². The van der Waals surface area contributed by atoms with Gasteiger partial charge in [0.15, 0.2) is 5.65 Å². The number of imidazole rings is 1. The van der Waals surface area contributed by atoms with Crippen molar-refractivity contribution in [3.63, 3.8) is 0 Å². The Labute approximate surface area is 130 Å². The van der Waals surface area contributed by atoms with Gasteiger partial charge in [0.25, 0.3) is 0 Å². The van der Waals surface area contributed by atoms with Gasteiger partial charge >= 0.3 is 0 Å². The zero-order valence-corrected chi connectivity index (χ0v) is 13.7. The van der Waals surface area contributed by atoms with Crippen LogP contribution in [0.15, 0.2) is 0 Å². The Kier molecular flexibility index (Phi) is 6.02. The summed E-state index contributed by atoms with van der Waals surface area (Å²) < 4.78 is 14.7. The summed E-state index contributed by atoms with van der Waals surface area (Å²) in [6, 6.07) is 0. The van der Waals surface area contributed by atoms with Gasteiger partial charge in [-0.2, -0.15) is 5.10 Å². The Morgan fingerprint density at radius 1 is 1.24 bits per heavy atom. The van der Waals surface area contributed by atoms with Gasteiger partial charge in [0, 0.05) is 32.5 Å². The summed E-state index contributed by atoms with van der Waals surface area (Å²) in [4.78, 5) is 4.70. The largest absolute Gasteiger partial charge is 0.382 e. The van der Waals surface area contributed by atoms with E-state index in [9.17, 15) is 0 Å². The van der Waals surface area contributed by atoms with E-state index in [0.717, 1.165) is 42.2 Å². The molecule has 6 nitrogen and oxygen atoms in total. The molecule has 0 bridgehead atoms. The molecule has 2 aromatic heterocycles. The van der Waals surface area contributed by atoms with Crippen LogP contribution < -0.4 is 0 Å². The minimum atomic E-state index is 0.558. The summed E-state index contributed by atoms with van der Waals surface area (Å²) in [5.74, 6) is 1.56. The molecule has 0 aliphatic heterocycles. The SMILES string of the molecule is CCn1nc(C)c2nc(CCCl)n(CCOCCOC)c21. The second-order valence-corrected chi connectivity index (χ2v) is 5.18. The molecule has 0 radical (unpaired) electrons. The van der Waals surface area contributed by atoms with Crippen molar-refractivity contribution < 1.29 is 9.47 Å². The zero-order valence-electron chi connectivity index (χ0n) is 12.9. The number of ether oxygens (including phenoxy) is 2. The summed E-state index contributed by atoms with van der Waals surface area (Å²) in [5.41, 5.74) is 2.99. The van der Waals surface area contributed by atoms with E-state index in [1.807, 2.05) is 11.6 Å². The number of aromatic nitrogens is 4. The van der Waals surface area contributed by atoms with Gasteiger partial charge in [-0.3, -0.25) is 0 Å². The van der Waals surface area contributed by atoms with E-state index in [1.54, 1.807) is 7.11 Å². The van der Waals surface area contributed by atoms with Gasteiger partial charge in [-0.1, -0.05) is 0 Å². The lowest BCUT2D eigenvalue weighted by Crippen LogP contribution is -2.14. The Hall–Kier alpha value is -1.11. The van der Waals surface area contributed by atoms with Gasteiger partial charge in [0.1, 0.15) is 11.3 Å². The molecule has 118 valence electrons. The molecule has 0 N–H and O–H groups in total. The fourth-order valence-corrected chi connectivity index (χ4v) is 2.57. The molecular formula is C14H23ClN4O2. The van der Waals surface area contributed by atoms with E-state index < -0.39 is 0 Å². The Bertz CT molecular complexity index is 579. The lowest BCUT2D eigenvalue weighted by molar-refractivity contribution is 0.0666. The van der Waals surface area contributed by atoms with Crippen LogP contribution in [0.4, 0.5) is 0 Å². The van der Waals surface area contributed by atoms with Crippen LogP contribution in [0.1, 0.15) is 18.4 Å². The summed E-state index contributed by atoms with van der Waals surface area (Å²) in [6.07, 6.45) is 0.747. The number of hydrogen-bond acceptors (Lipinski definition) is 4. The van der Waals surface area contributed by atoms with Crippen LogP contribution >= 0.6 is 11.6 Å². The first-order chi connectivity index (χ1) is 10.2. The molecule has 0 saturated carbocycles. The normalized spacial score (nSPS) is 11.6. The molecule has 0 aromatic carbocycles. The number of aryl methyl sites for hydroxylation is 3. The highest BCUT2D eigenvalue weighted by atomic mass is 35.5. The van der Waals surface area contributed by atoms with E-state index in [0.29, 0.717) is 25.7 Å². The number of alkyl halides is 1. The van der Waals surface area contributed by atoms with Crippen LogP contribution in [0, 0.1) is 6.92 Å². The van der Waals surface area contributed by atoms with E-state index in [2.05, 4.69) is 16.6 Å². The molecule has 0 saturated heterocycles. The molecule has 2 aromatic rings. The van der Waals surface area contributed by atoms with Crippen molar-refractivity contribution in [3.05, 3.63) is 11.5 Å². The number of fused-ring (bicyclic) bond motifs is 1. The second kappa shape index (κ2) is 7.77. The summed E-state index contributed by atoms with van der Waals surface area (Å²) in [6.45, 7) is 7.48. The fourth-order valence-electron chi connectivity index (χ4n) is 2.40. The third-order valence-corrected chi connectivity index (χ3v) is 3.58. The van der Waals surface area contributed by atoms with Crippen molar-refractivity contribution in [2.24, 2.45) is 0 Å². The average molecular weight is 315 g/mol. The first-order valence-corrected chi connectivity index (χ1v) is 7.81. The zero-order chi connectivity index (χ0) is 15.2. The molecule has 2 heterocycles. The number of halogens is 1. The van der Waals surface area contributed by atoms with Crippen LogP contribution in [0.2, 0.25) is 0 Å². The molecule has 0 atom stereocenters. The number of rotatable bonds is 9. The molecule has 0 aliphatic carbocycles. The van der Waals surface area contributed by atoms with Crippen LogP contribution in [-0.4, -0.2) is 52.1 Å². The van der Waals surface area contributed by atoms with Crippen LogP contribution in [0.5, 0.6) is 0 Å². The predicted octanol–water partition coefficient (Wildman–Crippen LogP) is 2.01.